The number of benzene rings is 2. The molecule has 2 aromatic carbocycles. The number of halogens is 1. The van der Waals surface area contributed by atoms with Gasteiger partial charge in [-0.05, 0) is 55.7 Å². The lowest BCUT2D eigenvalue weighted by Gasteiger charge is -2.28. The number of methoxy groups -OCH3 is 2. The highest BCUT2D eigenvalue weighted by Gasteiger charge is 2.42. The fourth-order valence-electron chi connectivity index (χ4n) is 3.95. The second kappa shape index (κ2) is 9.51. The first kappa shape index (κ1) is 21.5. The van der Waals surface area contributed by atoms with Gasteiger partial charge < -0.3 is 19.5 Å². The largest absolute Gasteiger partial charge is 0.497 e. The molecule has 0 aliphatic heterocycles. The highest BCUT2D eigenvalue weighted by atomic mass is 35.5. The van der Waals surface area contributed by atoms with Gasteiger partial charge in [0.1, 0.15) is 17.6 Å². The van der Waals surface area contributed by atoms with Crippen molar-refractivity contribution >= 4 is 23.2 Å². The van der Waals surface area contributed by atoms with Crippen LogP contribution in [0.1, 0.15) is 38.2 Å². The summed E-state index contributed by atoms with van der Waals surface area (Å²) < 4.78 is 16.1. The zero-order chi connectivity index (χ0) is 20.9. The molecule has 1 aliphatic rings. The maximum absolute atomic E-state index is 13.3. The van der Waals surface area contributed by atoms with E-state index in [1.165, 1.54) is 0 Å². The average molecular weight is 418 g/mol. The monoisotopic (exact) mass is 417 g/mol. The lowest BCUT2D eigenvalue weighted by molar-refractivity contribution is -0.121. The number of carbonyl (C=O) groups excluding carboxylic acids is 1. The number of hydrogen-bond donors (Lipinski definition) is 1. The SMILES string of the molecule is COC[C@H](C)Oc1ccc(NC(=O)C2(c3ccc(OC)cc3)CCCC2)cc1Cl. The van der Waals surface area contributed by atoms with Gasteiger partial charge in [0, 0.05) is 12.8 Å². The minimum absolute atomic E-state index is 0.00217. The molecule has 1 saturated carbocycles. The summed E-state index contributed by atoms with van der Waals surface area (Å²) in [6.07, 6.45) is 3.60. The van der Waals surface area contributed by atoms with Gasteiger partial charge in [-0.3, -0.25) is 4.79 Å². The van der Waals surface area contributed by atoms with Crippen LogP contribution in [0.2, 0.25) is 5.02 Å². The van der Waals surface area contributed by atoms with Crippen LogP contribution in [-0.4, -0.2) is 32.8 Å². The topological polar surface area (TPSA) is 56.8 Å². The minimum atomic E-state index is -0.527. The lowest BCUT2D eigenvalue weighted by Crippen LogP contribution is -2.38. The van der Waals surface area contributed by atoms with Gasteiger partial charge in [0.15, 0.2) is 0 Å². The van der Waals surface area contributed by atoms with E-state index in [2.05, 4.69) is 5.32 Å². The molecule has 1 atom stereocenters. The van der Waals surface area contributed by atoms with Crippen LogP contribution in [0.4, 0.5) is 5.69 Å². The molecular formula is C23H28ClNO4. The number of carbonyl (C=O) groups is 1. The molecule has 0 bridgehead atoms. The molecule has 0 heterocycles. The summed E-state index contributed by atoms with van der Waals surface area (Å²) in [5, 5.41) is 3.52. The molecule has 6 heteroatoms. The molecule has 156 valence electrons. The number of anilines is 1. The summed E-state index contributed by atoms with van der Waals surface area (Å²) >= 11 is 6.37. The van der Waals surface area contributed by atoms with E-state index < -0.39 is 5.41 Å². The molecule has 5 nitrogen and oxygen atoms in total. The summed E-state index contributed by atoms with van der Waals surface area (Å²) in [6.45, 7) is 2.38. The van der Waals surface area contributed by atoms with E-state index in [1.54, 1.807) is 26.4 Å². The third kappa shape index (κ3) is 4.85. The molecule has 1 fully saturated rings. The van der Waals surface area contributed by atoms with Crippen molar-refractivity contribution in [2.45, 2.75) is 44.1 Å². The van der Waals surface area contributed by atoms with Crippen molar-refractivity contribution < 1.29 is 19.0 Å². The zero-order valence-electron chi connectivity index (χ0n) is 17.2. The van der Waals surface area contributed by atoms with E-state index >= 15 is 0 Å². The molecule has 1 N–H and O–H groups in total. The van der Waals surface area contributed by atoms with Gasteiger partial charge >= 0.3 is 0 Å². The predicted octanol–water partition coefficient (Wildman–Crippen LogP) is 5.21. The van der Waals surface area contributed by atoms with Crippen LogP contribution >= 0.6 is 11.6 Å². The Labute approximate surface area is 177 Å². The van der Waals surface area contributed by atoms with Crippen molar-refractivity contribution in [2.75, 3.05) is 26.1 Å². The summed E-state index contributed by atoms with van der Waals surface area (Å²) in [4.78, 5) is 13.3. The normalized spacial score (nSPS) is 16.3. The van der Waals surface area contributed by atoms with E-state index in [0.717, 1.165) is 37.0 Å². The Morgan fingerprint density at radius 2 is 1.83 bits per heavy atom. The fraction of sp³-hybridized carbons (Fsp3) is 0.435. The molecular weight excluding hydrogens is 390 g/mol. The molecule has 0 unspecified atom stereocenters. The van der Waals surface area contributed by atoms with E-state index in [0.29, 0.717) is 23.1 Å². The highest BCUT2D eigenvalue weighted by Crippen LogP contribution is 2.42. The first-order chi connectivity index (χ1) is 14.0. The second-order valence-corrected chi connectivity index (χ2v) is 7.91. The molecule has 2 aromatic rings. The van der Waals surface area contributed by atoms with Gasteiger partial charge in [-0.2, -0.15) is 0 Å². The Morgan fingerprint density at radius 3 is 2.41 bits per heavy atom. The molecule has 0 radical (unpaired) electrons. The van der Waals surface area contributed by atoms with Crippen LogP contribution in [0.25, 0.3) is 0 Å². The third-order valence-corrected chi connectivity index (χ3v) is 5.75. The molecule has 0 aromatic heterocycles. The number of nitrogens with one attached hydrogen (secondary N) is 1. The third-order valence-electron chi connectivity index (χ3n) is 5.45. The van der Waals surface area contributed by atoms with Crippen molar-refractivity contribution in [3.8, 4) is 11.5 Å². The van der Waals surface area contributed by atoms with Crippen molar-refractivity contribution in [3.63, 3.8) is 0 Å². The maximum atomic E-state index is 13.3. The summed E-state index contributed by atoms with van der Waals surface area (Å²) in [6, 6.07) is 13.1. The van der Waals surface area contributed by atoms with Crippen LogP contribution in [-0.2, 0) is 14.9 Å². The van der Waals surface area contributed by atoms with Gasteiger partial charge in [0.05, 0.1) is 24.2 Å². The Balaban J connectivity index is 1.77. The number of hydrogen-bond acceptors (Lipinski definition) is 4. The number of ether oxygens (including phenoxy) is 3. The quantitative estimate of drug-likeness (QED) is 0.640. The first-order valence-electron chi connectivity index (χ1n) is 9.89. The van der Waals surface area contributed by atoms with Crippen LogP contribution in [0.5, 0.6) is 11.5 Å². The molecule has 1 aliphatic carbocycles. The Kier molecular flexibility index (Phi) is 7.04. The Morgan fingerprint density at radius 1 is 1.14 bits per heavy atom. The van der Waals surface area contributed by atoms with Crippen LogP contribution in [0.15, 0.2) is 42.5 Å². The van der Waals surface area contributed by atoms with Crippen molar-refractivity contribution in [3.05, 3.63) is 53.1 Å². The van der Waals surface area contributed by atoms with Crippen molar-refractivity contribution in [1.82, 2.24) is 0 Å². The van der Waals surface area contributed by atoms with E-state index in [4.69, 9.17) is 25.8 Å². The van der Waals surface area contributed by atoms with Crippen molar-refractivity contribution in [1.29, 1.82) is 0 Å². The summed E-state index contributed by atoms with van der Waals surface area (Å²) in [5.41, 5.74) is 1.15. The Hall–Kier alpha value is -2.24. The molecule has 0 spiro atoms. The van der Waals surface area contributed by atoms with Gasteiger partial charge in [-0.1, -0.05) is 36.6 Å². The fourth-order valence-corrected chi connectivity index (χ4v) is 4.17. The smallest absolute Gasteiger partial charge is 0.235 e. The molecule has 3 rings (SSSR count). The second-order valence-electron chi connectivity index (χ2n) is 7.50. The predicted molar refractivity (Wildman–Crippen MR) is 115 cm³/mol. The molecule has 29 heavy (non-hydrogen) atoms. The van der Waals surface area contributed by atoms with Gasteiger partial charge in [-0.25, -0.2) is 0 Å². The van der Waals surface area contributed by atoms with Gasteiger partial charge in [-0.15, -0.1) is 0 Å². The van der Waals surface area contributed by atoms with E-state index in [9.17, 15) is 4.79 Å². The highest BCUT2D eigenvalue weighted by molar-refractivity contribution is 6.32. The minimum Gasteiger partial charge on any atom is -0.497 e. The average Bonchev–Trinajstić information content (AvgIpc) is 3.21. The van der Waals surface area contributed by atoms with Crippen molar-refractivity contribution in [2.24, 2.45) is 0 Å². The first-order valence-corrected chi connectivity index (χ1v) is 10.3. The zero-order valence-corrected chi connectivity index (χ0v) is 17.9. The Bertz CT molecular complexity index is 831. The molecule has 1 amide bonds. The van der Waals surface area contributed by atoms with E-state index in [-0.39, 0.29) is 12.0 Å². The standard InChI is InChI=1S/C23H28ClNO4/c1-16(15-27-2)29-21-11-8-18(14-20(21)24)25-22(26)23(12-4-5-13-23)17-6-9-19(28-3)10-7-17/h6-11,14,16H,4-5,12-13,15H2,1-3H3,(H,25,26)/t16-/m0/s1. The van der Waals surface area contributed by atoms with Crippen LogP contribution in [0, 0.1) is 0 Å². The number of rotatable bonds is 8. The summed E-state index contributed by atoms with van der Waals surface area (Å²) in [5.74, 6) is 1.35. The number of amides is 1. The lowest BCUT2D eigenvalue weighted by atomic mass is 9.78. The van der Waals surface area contributed by atoms with E-state index in [1.807, 2.05) is 37.3 Å². The molecule has 0 saturated heterocycles. The van der Waals surface area contributed by atoms with Gasteiger partial charge in [0.2, 0.25) is 5.91 Å². The maximum Gasteiger partial charge on any atom is 0.235 e. The van der Waals surface area contributed by atoms with Gasteiger partial charge in [0.25, 0.3) is 0 Å². The van der Waals surface area contributed by atoms with Crippen LogP contribution < -0.4 is 14.8 Å². The van der Waals surface area contributed by atoms with Crippen LogP contribution in [0.3, 0.4) is 0 Å². The summed E-state index contributed by atoms with van der Waals surface area (Å²) in [7, 11) is 3.27.